The molecule has 1 amide bonds. The van der Waals surface area contributed by atoms with Gasteiger partial charge in [-0.25, -0.2) is 0 Å². The highest BCUT2D eigenvalue weighted by Gasteiger charge is 2.26. The molecule has 0 aliphatic heterocycles. The second-order valence-corrected chi connectivity index (χ2v) is 4.02. The molecule has 6 nitrogen and oxygen atoms in total. The van der Waals surface area contributed by atoms with Crippen LogP contribution < -0.4 is 10.6 Å². The molecule has 0 bridgehead atoms. The maximum Gasteiger partial charge on any atom is 0.401 e. The van der Waals surface area contributed by atoms with Gasteiger partial charge in [-0.1, -0.05) is 6.07 Å². The highest BCUT2D eigenvalue weighted by Crippen LogP contribution is 2.21. The molecule has 2 N–H and O–H groups in total. The first-order chi connectivity index (χ1) is 9.19. The molecule has 1 rings (SSSR count). The number of non-ortho nitro benzene ring substituents is 1. The van der Waals surface area contributed by atoms with Gasteiger partial charge in [0.05, 0.1) is 23.7 Å². The van der Waals surface area contributed by atoms with Crippen molar-refractivity contribution in [2.45, 2.75) is 13.1 Å². The van der Waals surface area contributed by atoms with Gasteiger partial charge in [-0.3, -0.25) is 14.9 Å². The van der Waals surface area contributed by atoms with E-state index in [2.05, 4.69) is 5.32 Å². The lowest BCUT2D eigenvalue weighted by Gasteiger charge is -2.10. The van der Waals surface area contributed by atoms with Crippen LogP contribution in [0.3, 0.4) is 0 Å². The van der Waals surface area contributed by atoms with Crippen LogP contribution in [0, 0.1) is 17.0 Å². The van der Waals surface area contributed by atoms with Crippen molar-refractivity contribution in [2.24, 2.45) is 0 Å². The van der Waals surface area contributed by atoms with Gasteiger partial charge < -0.3 is 10.6 Å². The average molecular weight is 291 g/mol. The van der Waals surface area contributed by atoms with Crippen LogP contribution in [0.15, 0.2) is 18.2 Å². The summed E-state index contributed by atoms with van der Waals surface area (Å²) in [4.78, 5) is 21.4. The van der Waals surface area contributed by atoms with Crippen LogP contribution in [0.1, 0.15) is 5.56 Å². The Morgan fingerprint density at radius 3 is 2.60 bits per heavy atom. The molecule has 0 aliphatic carbocycles. The molecule has 1 aromatic rings. The van der Waals surface area contributed by atoms with E-state index < -0.39 is 30.1 Å². The fourth-order valence-corrected chi connectivity index (χ4v) is 1.37. The number of nitro benzene ring substituents is 1. The molecule has 1 aromatic carbocycles. The number of anilines is 1. The molecule has 0 saturated heterocycles. The van der Waals surface area contributed by atoms with Gasteiger partial charge in [0.2, 0.25) is 5.91 Å². The van der Waals surface area contributed by atoms with Crippen molar-refractivity contribution >= 4 is 17.3 Å². The Morgan fingerprint density at radius 2 is 2.05 bits per heavy atom. The van der Waals surface area contributed by atoms with E-state index in [1.54, 1.807) is 6.92 Å². The van der Waals surface area contributed by atoms with Gasteiger partial charge in [0.1, 0.15) is 0 Å². The number of halogens is 3. The molecule has 0 aromatic heterocycles. The Hall–Kier alpha value is -2.16. The molecule has 0 atom stereocenters. The normalized spacial score (nSPS) is 11.2. The van der Waals surface area contributed by atoms with Gasteiger partial charge in [0, 0.05) is 12.1 Å². The molecule has 110 valence electrons. The van der Waals surface area contributed by atoms with Gasteiger partial charge in [0.15, 0.2) is 0 Å². The fourth-order valence-electron chi connectivity index (χ4n) is 1.37. The van der Waals surface area contributed by atoms with Gasteiger partial charge in [0.25, 0.3) is 5.69 Å². The summed E-state index contributed by atoms with van der Waals surface area (Å²) >= 11 is 0. The van der Waals surface area contributed by atoms with E-state index in [1.165, 1.54) is 12.1 Å². The van der Waals surface area contributed by atoms with Gasteiger partial charge >= 0.3 is 6.18 Å². The van der Waals surface area contributed by atoms with Crippen molar-refractivity contribution in [3.63, 3.8) is 0 Å². The number of amides is 1. The Labute approximate surface area is 112 Å². The summed E-state index contributed by atoms with van der Waals surface area (Å²) in [5.74, 6) is -0.710. The van der Waals surface area contributed by atoms with E-state index in [0.717, 1.165) is 6.07 Å². The smallest absolute Gasteiger partial charge is 0.324 e. The van der Waals surface area contributed by atoms with E-state index in [1.807, 2.05) is 5.32 Å². The predicted octanol–water partition coefficient (Wildman–Crippen LogP) is 1.99. The number of nitrogens with zero attached hydrogens (tertiary/aromatic N) is 1. The van der Waals surface area contributed by atoms with Crippen LogP contribution in [-0.4, -0.2) is 30.1 Å². The second kappa shape index (κ2) is 6.33. The molecular formula is C11H12F3N3O3. The molecule has 0 saturated carbocycles. The third-order valence-electron chi connectivity index (χ3n) is 2.32. The van der Waals surface area contributed by atoms with E-state index >= 15 is 0 Å². The Bertz CT molecular complexity index is 517. The quantitative estimate of drug-likeness (QED) is 0.642. The van der Waals surface area contributed by atoms with E-state index in [-0.39, 0.29) is 11.4 Å². The highest BCUT2D eigenvalue weighted by atomic mass is 19.4. The third kappa shape index (κ3) is 5.22. The second-order valence-electron chi connectivity index (χ2n) is 4.02. The molecule has 0 unspecified atom stereocenters. The minimum Gasteiger partial charge on any atom is -0.324 e. The summed E-state index contributed by atoms with van der Waals surface area (Å²) in [6.45, 7) is -0.210. The summed E-state index contributed by atoms with van der Waals surface area (Å²) in [5.41, 5.74) is 0.548. The van der Waals surface area contributed by atoms with Gasteiger partial charge in [-0.2, -0.15) is 13.2 Å². The highest BCUT2D eigenvalue weighted by molar-refractivity contribution is 5.93. The minimum absolute atomic E-state index is 0.193. The summed E-state index contributed by atoms with van der Waals surface area (Å²) in [7, 11) is 0. The maximum absolute atomic E-state index is 11.9. The number of rotatable bonds is 5. The lowest BCUT2D eigenvalue weighted by molar-refractivity contribution is -0.384. The first-order valence-electron chi connectivity index (χ1n) is 5.51. The summed E-state index contributed by atoms with van der Waals surface area (Å²) in [6, 6.07) is 3.86. The molecule has 20 heavy (non-hydrogen) atoms. The van der Waals surface area contributed by atoms with Crippen molar-refractivity contribution in [1.82, 2.24) is 5.32 Å². The SMILES string of the molecule is Cc1ccc([N+](=O)[O-])cc1NC(=O)CNCC(F)(F)F. The number of nitrogens with one attached hydrogen (secondary N) is 2. The largest absolute Gasteiger partial charge is 0.401 e. The van der Waals surface area contributed by atoms with Crippen molar-refractivity contribution in [3.05, 3.63) is 33.9 Å². The van der Waals surface area contributed by atoms with Crippen LogP contribution in [-0.2, 0) is 4.79 Å². The molecule has 9 heteroatoms. The minimum atomic E-state index is -4.40. The topological polar surface area (TPSA) is 84.3 Å². The number of benzene rings is 1. The van der Waals surface area contributed by atoms with Gasteiger partial charge in [-0.05, 0) is 12.5 Å². The molecule has 0 radical (unpaired) electrons. The van der Waals surface area contributed by atoms with Crippen molar-refractivity contribution < 1.29 is 22.9 Å². The molecule has 0 fully saturated rings. The summed E-state index contributed by atoms with van der Waals surface area (Å²) < 4.78 is 35.6. The number of aryl methyl sites for hydroxylation is 1. The fraction of sp³-hybridized carbons (Fsp3) is 0.364. The Balaban J connectivity index is 2.62. The van der Waals surface area contributed by atoms with Gasteiger partial charge in [-0.15, -0.1) is 0 Å². The Kier molecular flexibility index (Phi) is 5.03. The lowest BCUT2D eigenvalue weighted by atomic mass is 10.2. The summed E-state index contributed by atoms with van der Waals surface area (Å²) in [6.07, 6.45) is -4.40. The molecule has 0 spiro atoms. The van der Waals surface area contributed by atoms with E-state index in [9.17, 15) is 28.1 Å². The molecule has 0 aliphatic rings. The van der Waals surface area contributed by atoms with Crippen LogP contribution in [0.5, 0.6) is 0 Å². The number of alkyl halides is 3. The lowest BCUT2D eigenvalue weighted by Crippen LogP contribution is -2.35. The Morgan fingerprint density at radius 1 is 1.40 bits per heavy atom. The van der Waals surface area contributed by atoms with E-state index in [4.69, 9.17) is 0 Å². The van der Waals surface area contributed by atoms with Crippen LogP contribution in [0.25, 0.3) is 0 Å². The van der Waals surface area contributed by atoms with Crippen molar-refractivity contribution in [3.8, 4) is 0 Å². The maximum atomic E-state index is 11.9. The number of hydrogen-bond acceptors (Lipinski definition) is 4. The number of hydrogen-bond donors (Lipinski definition) is 2. The standard InChI is InChI=1S/C11H12F3N3O3/c1-7-2-3-8(17(19)20)4-9(7)16-10(18)5-15-6-11(12,13)14/h2-4,15H,5-6H2,1H3,(H,16,18). The number of carbonyl (C=O) groups excluding carboxylic acids is 1. The summed E-state index contributed by atoms with van der Waals surface area (Å²) in [5, 5.41) is 14.8. The third-order valence-corrected chi connectivity index (χ3v) is 2.32. The van der Waals surface area contributed by atoms with Crippen LogP contribution in [0.4, 0.5) is 24.5 Å². The van der Waals surface area contributed by atoms with Crippen molar-refractivity contribution in [1.29, 1.82) is 0 Å². The zero-order chi connectivity index (χ0) is 15.3. The van der Waals surface area contributed by atoms with Crippen LogP contribution in [0.2, 0.25) is 0 Å². The first-order valence-corrected chi connectivity index (χ1v) is 5.51. The zero-order valence-electron chi connectivity index (χ0n) is 10.5. The van der Waals surface area contributed by atoms with Crippen LogP contribution >= 0.6 is 0 Å². The predicted molar refractivity (Wildman–Crippen MR) is 65.4 cm³/mol. The molecular weight excluding hydrogens is 279 g/mol. The monoisotopic (exact) mass is 291 g/mol. The van der Waals surface area contributed by atoms with Crippen molar-refractivity contribution in [2.75, 3.05) is 18.4 Å². The zero-order valence-corrected chi connectivity index (χ0v) is 10.5. The van der Waals surface area contributed by atoms with E-state index in [0.29, 0.717) is 5.56 Å². The molecule has 0 heterocycles. The number of nitro groups is 1. The first kappa shape index (κ1) is 15.9. The average Bonchev–Trinajstić information content (AvgIpc) is 2.30. The number of carbonyl (C=O) groups is 1.